The Morgan fingerprint density at radius 2 is 2.07 bits per heavy atom. The van der Waals surface area contributed by atoms with E-state index >= 15 is 0 Å². The lowest BCUT2D eigenvalue weighted by atomic mass is 9.80. The number of carbonyl (C=O) groups excluding carboxylic acids is 1. The number of fused-ring (bicyclic) bond motifs is 1. The zero-order valence-corrected chi connectivity index (χ0v) is 17.7. The standard InChI is InChI=1S/C22H29N5O2/c1-14-6-7-17-8-10-22(26-20(17)23-14)9-5-11-27(13-22)21(28)15(2)18-12-19(29-4)25-16(3)24-18/h6-7,12,15H,5,8-11,13H2,1-4H3,(H,23,26)/t15-,22+/m0/s1. The molecule has 29 heavy (non-hydrogen) atoms. The topological polar surface area (TPSA) is 80.2 Å². The minimum absolute atomic E-state index is 0.0965. The third kappa shape index (κ3) is 3.91. The molecule has 2 aliphatic rings. The van der Waals surface area contributed by atoms with Gasteiger partial charge in [-0.05, 0) is 58.1 Å². The van der Waals surface area contributed by atoms with E-state index in [9.17, 15) is 4.79 Å². The fourth-order valence-corrected chi connectivity index (χ4v) is 4.50. The smallest absolute Gasteiger partial charge is 0.231 e. The van der Waals surface area contributed by atoms with Crippen molar-refractivity contribution in [2.24, 2.45) is 0 Å². The molecule has 154 valence electrons. The molecule has 1 spiro atoms. The Kier molecular flexibility index (Phi) is 5.15. The second-order valence-electron chi connectivity index (χ2n) is 8.33. The third-order valence-electron chi connectivity index (χ3n) is 6.12. The molecular weight excluding hydrogens is 366 g/mol. The molecule has 2 aromatic rings. The molecule has 0 aromatic carbocycles. The average Bonchev–Trinajstić information content (AvgIpc) is 2.72. The number of amides is 1. The van der Waals surface area contributed by atoms with Gasteiger partial charge in [0.05, 0.1) is 24.3 Å². The van der Waals surface area contributed by atoms with Crippen LogP contribution in [0.5, 0.6) is 5.88 Å². The van der Waals surface area contributed by atoms with Gasteiger partial charge in [0.15, 0.2) is 0 Å². The van der Waals surface area contributed by atoms with E-state index in [1.165, 1.54) is 5.56 Å². The number of aromatic nitrogens is 3. The number of nitrogens with one attached hydrogen (secondary N) is 1. The van der Waals surface area contributed by atoms with E-state index in [0.29, 0.717) is 23.9 Å². The lowest BCUT2D eigenvalue weighted by Gasteiger charge is -2.46. The predicted octanol–water partition coefficient (Wildman–Crippen LogP) is 3.02. The van der Waals surface area contributed by atoms with Crippen molar-refractivity contribution in [2.45, 2.75) is 57.9 Å². The molecule has 1 fully saturated rings. The maximum atomic E-state index is 13.3. The number of aryl methyl sites for hydroxylation is 3. The molecule has 2 aliphatic heterocycles. The monoisotopic (exact) mass is 395 g/mol. The van der Waals surface area contributed by atoms with Crippen LogP contribution in [0, 0.1) is 13.8 Å². The quantitative estimate of drug-likeness (QED) is 0.861. The molecule has 0 radical (unpaired) electrons. The predicted molar refractivity (Wildman–Crippen MR) is 111 cm³/mol. The first-order valence-corrected chi connectivity index (χ1v) is 10.3. The van der Waals surface area contributed by atoms with E-state index in [1.54, 1.807) is 13.2 Å². The molecule has 1 saturated heterocycles. The van der Waals surface area contributed by atoms with E-state index in [0.717, 1.165) is 43.7 Å². The molecule has 0 saturated carbocycles. The number of piperidine rings is 1. The average molecular weight is 396 g/mol. The van der Waals surface area contributed by atoms with Crippen LogP contribution in [0.25, 0.3) is 0 Å². The molecular formula is C22H29N5O2. The van der Waals surface area contributed by atoms with Crippen LogP contribution in [-0.2, 0) is 11.2 Å². The molecule has 2 atom stereocenters. The minimum atomic E-state index is -0.336. The number of ether oxygens (including phenoxy) is 1. The van der Waals surface area contributed by atoms with Gasteiger partial charge in [0, 0.05) is 24.8 Å². The summed E-state index contributed by atoms with van der Waals surface area (Å²) in [5, 5.41) is 3.69. The van der Waals surface area contributed by atoms with Crippen molar-refractivity contribution < 1.29 is 9.53 Å². The number of carbonyl (C=O) groups is 1. The van der Waals surface area contributed by atoms with Gasteiger partial charge in [-0.25, -0.2) is 9.97 Å². The maximum absolute atomic E-state index is 13.3. The van der Waals surface area contributed by atoms with Crippen LogP contribution < -0.4 is 10.1 Å². The Hall–Kier alpha value is -2.70. The molecule has 0 bridgehead atoms. The highest BCUT2D eigenvalue weighted by Crippen LogP contribution is 2.36. The van der Waals surface area contributed by atoms with E-state index in [4.69, 9.17) is 9.72 Å². The van der Waals surface area contributed by atoms with Crippen LogP contribution in [0.4, 0.5) is 5.82 Å². The van der Waals surface area contributed by atoms with Gasteiger partial charge in [-0.15, -0.1) is 0 Å². The molecule has 7 heteroatoms. The van der Waals surface area contributed by atoms with Crippen LogP contribution >= 0.6 is 0 Å². The van der Waals surface area contributed by atoms with Gasteiger partial charge in [-0.3, -0.25) is 4.79 Å². The van der Waals surface area contributed by atoms with Crippen LogP contribution in [0.1, 0.15) is 54.9 Å². The van der Waals surface area contributed by atoms with Crippen molar-refractivity contribution in [1.29, 1.82) is 0 Å². The summed E-state index contributed by atoms with van der Waals surface area (Å²) in [7, 11) is 1.58. The Morgan fingerprint density at radius 3 is 2.86 bits per heavy atom. The van der Waals surface area contributed by atoms with E-state index in [-0.39, 0.29) is 17.4 Å². The number of nitrogens with zero attached hydrogens (tertiary/aromatic N) is 4. The van der Waals surface area contributed by atoms with Crippen molar-refractivity contribution in [3.05, 3.63) is 41.0 Å². The number of hydrogen-bond donors (Lipinski definition) is 1. The molecule has 2 aromatic heterocycles. The molecule has 7 nitrogen and oxygen atoms in total. The highest BCUT2D eigenvalue weighted by atomic mass is 16.5. The summed E-state index contributed by atoms with van der Waals surface area (Å²) in [6.45, 7) is 7.23. The number of hydrogen-bond acceptors (Lipinski definition) is 6. The van der Waals surface area contributed by atoms with Gasteiger partial charge in [0.25, 0.3) is 0 Å². The molecule has 1 amide bonds. The fourth-order valence-electron chi connectivity index (χ4n) is 4.50. The summed E-state index contributed by atoms with van der Waals surface area (Å²) in [5.74, 6) is 1.86. The van der Waals surface area contributed by atoms with E-state index in [1.807, 2.05) is 25.7 Å². The van der Waals surface area contributed by atoms with Gasteiger partial charge in [-0.1, -0.05) is 6.07 Å². The van der Waals surface area contributed by atoms with Gasteiger partial charge < -0.3 is 15.0 Å². The summed E-state index contributed by atoms with van der Waals surface area (Å²) in [6, 6.07) is 5.99. The third-order valence-corrected chi connectivity index (χ3v) is 6.12. The zero-order chi connectivity index (χ0) is 20.6. The van der Waals surface area contributed by atoms with Crippen molar-refractivity contribution in [2.75, 3.05) is 25.5 Å². The number of anilines is 1. The lowest BCUT2D eigenvalue weighted by molar-refractivity contribution is -0.134. The van der Waals surface area contributed by atoms with Gasteiger partial charge >= 0.3 is 0 Å². The fraction of sp³-hybridized carbons (Fsp3) is 0.545. The molecule has 0 aliphatic carbocycles. The van der Waals surface area contributed by atoms with Gasteiger partial charge in [-0.2, -0.15) is 4.98 Å². The number of pyridine rings is 1. The summed E-state index contributed by atoms with van der Waals surface area (Å²) in [6.07, 6.45) is 4.05. The molecule has 0 unspecified atom stereocenters. The van der Waals surface area contributed by atoms with E-state index in [2.05, 4.69) is 27.4 Å². The van der Waals surface area contributed by atoms with Gasteiger partial charge in [0.2, 0.25) is 11.8 Å². The van der Waals surface area contributed by atoms with Crippen molar-refractivity contribution in [3.8, 4) is 5.88 Å². The second kappa shape index (κ2) is 7.61. The maximum Gasteiger partial charge on any atom is 0.231 e. The lowest BCUT2D eigenvalue weighted by Crippen LogP contribution is -2.56. The number of likely N-dealkylation sites (tertiary alicyclic amines) is 1. The Morgan fingerprint density at radius 1 is 1.24 bits per heavy atom. The first-order valence-electron chi connectivity index (χ1n) is 10.3. The minimum Gasteiger partial charge on any atom is -0.481 e. The first-order chi connectivity index (χ1) is 13.9. The molecule has 1 N–H and O–H groups in total. The Balaban J connectivity index is 1.52. The second-order valence-corrected chi connectivity index (χ2v) is 8.33. The summed E-state index contributed by atoms with van der Waals surface area (Å²) in [5.41, 5.74) is 2.89. The van der Waals surface area contributed by atoms with Crippen LogP contribution in [0.3, 0.4) is 0 Å². The van der Waals surface area contributed by atoms with Crippen LogP contribution in [-0.4, -0.2) is 51.5 Å². The largest absolute Gasteiger partial charge is 0.481 e. The number of rotatable bonds is 3. The first kappa shape index (κ1) is 19.6. The van der Waals surface area contributed by atoms with Gasteiger partial charge in [0.1, 0.15) is 11.6 Å². The highest BCUT2D eigenvalue weighted by Gasteiger charge is 2.40. The Bertz CT molecular complexity index is 931. The highest BCUT2D eigenvalue weighted by molar-refractivity contribution is 5.83. The summed E-state index contributed by atoms with van der Waals surface area (Å²) >= 11 is 0. The molecule has 4 rings (SSSR count). The Labute approximate surface area is 171 Å². The van der Waals surface area contributed by atoms with Crippen molar-refractivity contribution in [3.63, 3.8) is 0 Å². The van der Waals surface area contributed by atoms with Crippen molar-refractivity contribution in [1.82, 2.24) is 19.9 Å². The van der Waals surface area contributed by atoms with Crippen LogP contribution in [0.15, 0.2) is 18.2 Å². The van der Waals surface area contributed by atoms with Crippen molar-refractivity contribution >= 4 is 11.7 Å². The SMILES string of the molecule is COc1cc([C@H](C)C(=O)N2CCC[C@@]3(CCc4ccc(C)nc4N3)C2)nc(C)n1. The van der Waals surface area contributed by atoms with Crippen LogP contribution in [0.2, 0.25) is 0 Å². The summed E-state index contributed by atoms with van der Waals surface area (Å²) < 4.78 is 5.25. The number of methoxy groups -OCH3 is 1. The molecule has 4 heterocycles. The normalized spacial score (nSPS) is 22.0. The van der Waals surface area contributed by atoms with E-state index < -0.39 is 0 Å². The zero-order valence-electron chi connectivity index (χ0n) is 17.7. The summed E-state index contributed by atoms with van der Waals surface area (Å²) in [4.78, 5) is 28.7.